The molecule has 1 aliphatic heterocycles. The minimum atomic E-state index is -0.335. The molecule has 17 heavy (non-hydrogen) atoms. The third kappa shape index (κ3) is 4.66. The molecule has 1 unspecified atom stereocenters. The van der Waals surface area contributed by atoms with Gasteiger partial charge in [-0.2, -0.15) is 0 Å². The Hall–Kier alpha value is -1.87. The second kappa shape index (κ2) is 6.01. The number of carbonyl (C=O) groups is 1. The van der Waals surface area contributed by atoms with Crippen molar-refractivity contribution in [1.82, 2.24) is 0 Å². The molecule has 0 aromatic heterocycles. The van der Waals surface area contributed by atoms with Crippen LogP contribution in [0.5, 0.6) is 0 Å². The third-order valence-corrected chi connectivity index (χ3v) is 2.25. The molecule has 0 aliphatic carbocycles. The van der Waals surface area contributed by atoms with Gasteiger partial charge < -0.3 is 9.47 Å². The van der Waals surface area contributed by atoms with Crippen molar-refractivity contribution < 1.29 is 14.3 Å². The zero-order chi connectivity index (χ0) is 11.9. The van der Waals surface area contributed by atoms with Gasteiger partial charge in [-0.05, 0) is 5.56 Å². The Balaban J connectivity index is 1.72. The molecule has 1 aromatic rings. The van der Waals surface area contributed by atoms with Crippen molar-refractivity contribution in [2.45, 2.75) is 6.10 Å². The molecule has 0 saturated carbocycles. The topological polar surface area (TPSA) is 38.8 Å². The van der Waals surface area contributed by atoms with Crippen LogP contribution in [0.3, 0.4) is 0 Å². The van der Waals surface area contributed by atoms with Gasteiger partial charge in [-0.25, -0.2) is 4.79 Å². The van der Waals surface area contributed by atoms with Crippen molar-refractivity contribution in [3.63, 3.8) is 0 Å². The molecule has 3 heteroatoms. The number of hydrogen-bond acceptors (Lipinski definition) is 3. The van der Waals surface area contributed by atoms with Crippen molar-refractivity contribution >= 4 is 12.0 Å². The molecule has 1 aliphatic rings. The lowest BCUT2D eigenvalue weighted by molar-refractivity contribution is -0.138. The summed E-state index contributed by atoms with van der Waals surface area (Å²) in [5.74, 6) is -0.335. The maximum absolute atomic E-state index is 11.2. The van der Waals surface area contributed by atoms with Crippen molar-refractivity contribution in [2.24, 2.45) is 0 Å². The van der Waals surface area contributed by atoms with Crippen LogP contribution in [-0.2, 0) is 14.3 Å². The summed E-state index contributed by atoms with van der Waals surface area (Å²) in [6.45, 7) is 1.05. The fourth-order valence-corrected chi connectivity index (χ4v) is 1.25. The zero-order valence-corrected chi connectivity index (χ0v) is 9.41. The number of carbonyl (C=O) groups excluding carboxylic acids is 1. The van der Waals surface area contributed by atoms with Crippen LogP contribution in [0.1, 0.15) is 5.56 Å². The Morgan fingerprint density at radius 1 is 1.35 bits per heavy atom. The summed E-state index contributed by atoms with van der Waals surface area (Å²) in [5.41, 5.74) is 1.09. The van der Waals surface area contributed by atoms with E-state index in [4.69, 9.17) is 9.47 Å². The van der Waals surface area contributed by atoms with E-state index in [9.17, 15) is 4.79 Å². The molecule has 88 valence electrons. The zero-order valence-electron chi connectivity index (χ0n) is 9.41. The molecule has 1 atom stereocenters. The predicted octanol–water partition coefficient (Wildman–Crippen LogP) is 2.20. The van der Waals surface area contributed by atoms with Gasteiger partial charge in [0, 0.05) is 6.08 Å². The van der Waals surface area contributed by atoms with Gasteiger partial charge in [-0.15, -0.1) is 0 Å². The summed E-state index contributed by atoms with van der Waals surface area (Å²) in [4.78, 5) is 11.2. The molecular formula is C14H14O3. The first kappa shape index (κ1) is 11.6. The number of allylic oxidation sites excluding steroid dienone is 2. The van der Waals surface area contributed by atoms with E-state index in [1.165, 1.54) is 6.08 Å². The Morgan fingerprint density at radius 3 is 2.82 bits per heavy atom. The van der Waals surface area contributed by atoms with Crippen LogP contribution in [0.15, 0.2) is 48.6 Å². The highest BCUT2D eigenvalue weighted by molar-refractivity contribution is 5.82. The lowest BCUT2D eigenvalue weighted by atomic mass is 10.2. The van der Waals surface area contributed by atoms with E-state index in [1.807, 2.05) is 42.5 Å². The Bertz CT molecular complexity index is 416. The van der Waals surface area contributed by atoms with Gasteiger partial charge in [0.15, 0.2) is 0 Å². The lowest BCUT2D eigenvalue weighted by Gasteiger charge is -1.95. The largest absolute Gasteiger partial charge is 0.460 e. The average molecular weight is 230 g/mol. The van der Waals surface area contributed by atoms with Crippen LogP contribution in [0.25, 0.3) is 6.08 Å². The first-order valence-corrected chi connectivity index (χ1v) is 5.53. The highest BCUT2D eigenvalue weighted by Gasteiger charge is 2.23. The minimum absolute atomic E-state index is 0.118. The monoisotopic (exact) mass is 230 g/mol. The van der Waals surface area contributed by atoms with Crippen LogP contribution >= 0.6 is 0 Å². The van der Waals surface area contributed by atoms with Crippen LogP contribution in [0, 0.1) is 0 Å². The number of esters is 1. The highest BCUT2D eigenvalue weighted by Crippen LogP contribution is 2.08. The van der Waals surface area contributed by atoms with E-state index < -0.39 is 0 Å². The predicted molar refractivity (Wildman–Crippen MR) is 65.3 cm³/mol. The molecule has 2 rings (SSSR count). The summed E-state index contributed by atoms with van der Waals surface area (Å²) in [5, 5.41) is 0. The number of benzene rings is 1. The quantitative estimate of drug-likeness (QED) is 0.337. The molecule has 3 nitrogen and oxygen atoms in total. The maximum Gasteiger partial charge on any atom is 0.330 e. The molecular weight excluding hydrogens is 216 g/mol. The summed E-state index contributed by atoms with van der Waals surface area (Å²) in [6, 6.07) is 9.88. The molecule has 1 fully saturated rings. The van der Waals surface area contributed by atoms with E-state index in [2.05, 4.69) is 0 Å². The highest BCUT2D eigenvalue weighted by atomic mass is 16.6. The molecule has 1 saturated heterocycles. The smallest absolute Gasteiger partial charge is 0.330 e. The van der Waals surface area contributed by atoms with E-state index in [0.717, 1.165) is 5.56 Å². The second-order valence-electron chi connectivity index (χ2n) is 3.71. The van der Waals surface area contributed by atoms with Crippen LogP contribution in [0.4, 0.5) is 0 Å². The standard InChI is InChI=1S/C14H14O3/c15-14(17-11-13-10-16-13)9-5-4-8-12-6-2-1-3-7-12/h1-9,13H,10-11H2/b8-4+,9-5?. The molecule has 1 aromatic carbocycles. The second-order valence-corrected chi connectivity index (χ2v) is 3.71. The van der Waals surface area contributed by atoms with Gasteiger partial charge in [0.25, 0.3) is 0 Å². The number of epoxide rings is 1. The number of hydrogen-bond donors (Lipinski definition) is 0. The normalized spacial score (nSPS) is 18.7. The first-order chi connectivity index (χ1) is 8.34. The molecule has 0 radical (unpaired) electrons. The Kier molecular flexibility index (Phi) is 4.11. The fraction of sp³-hybridized carbons (Fsp3) is 0.214. The summed E-state index contributed by atoms with van der Waals surface area (Å²) in [6.07, 6.45) is 6.93. The van der Waals surface area contributed by atoms with Gasteiger partial charge in [0.2, 0.25) is 0 Å². The number of ether oxygens (including phenoxy) is 2. The van der Waals surface area contributed by atoms with Crippen molar-refractivity contribution in [1.29, 1.82) is 0 Å². The van der Waals surface area contributed by atoms with Crippen LogP contribution in [0.2, 0.25) is 0 Å². The first-order valence-electron chi connectivity index (χ1n) is 5.53. The van der Waals surface area contributed by atoms with Gasteiger partial charge in [-0.3, -0.25) is 0 Å². The van der Waals surface area contributed by atoms with E-state index in [1.54, 1.807) is 6.08 Å². The molecule has 0 spiro atoms. The van der Waals surface area contributed by atoms with Gasteiger partial charge in [0.1, 0.15) is 12.7 Å². The third-order valence-electron chi connectivity index (χ3n) is 2.25. The van der Waals surface area contributed by atoms with Gasteiger partial charge in [-0.1, -0.05) is 48.6 Å². The van der Waals surface area contributed by atoms with E-state index in [-0.39, 0.29) is 12.1 Å². The van der Waals surface area contributed by atoms with Gasteiger partial charge >= 0.3 is 5.97 Å². The SMILES string of the molecule is O=C(C=C/C=C/c1ccccc1)OCC1CO1. The van der Waals surface area contributed by atoms with Crippen molar-refractivity contribution in [3.8, 4) is 0 Å². The molecule has 1 heterocycles. The Morgan fingerprint density at radius 2 is 2.12 bits per heavy atom. The van der Waals surface area contributed by atoms with E-state index in [0.29, 0.717) is 13.2 Å². The summed E-state index contributed by atoms with van der Waals surface area (Å²) in [7, 11) is 0. The molecule has 0 bridgehead atoms. The molecule has 0 N–H and O–H groups in total. The minimum Gasteiger partial charge on any atom is -0.460 e. The average Bonchev–Trinajstić information content (AvgIpc) is 3.17. The fourth-order valence-electron chi connectivity index (χ4n) is 1.25. The van der Waals surface area contributed by atoms with Crippen LogP contribution in [-0.4, -0.2) is 25.3 Å². The van der Waals surface area contributed by atoms with Gasteiger partial charge in [0.05, 0.1) is 6.61 Å². The molecule has 0 amide bonds. The van der Waals surface area contributed by atoms with E-state index >= 15 is 0 Å². The maximum atomic E-state index is 11.2. The summed E-state index contributed by atoms with van der Waals surface area (Å²) >= 11 is 0. The number of rotatable bonds is 5. The lowest BCUT2D eigenvalue weighted by Crippen LogP contribution is -2.06. The summed E-state index contributed by atoms with van der Waals surface area (Å²) < 4.78 is 9.86. The van der Waals surface area contributed by atoms with Crippen molar-refractivity contribution in [2.75, 3.05) is 13.2 Å². The van der Waals surface area contributed by atoms with Crippen molar-refractivity contribution in [3.05, 3.63) is 54.1 Å². The Labute approximate surface area is 100 Å². The van der Waals surface area contributed by atoms with Crippen LogP contribution < -0.4 is 0 Å².